The third-order valence-corrected chi connectivity index (χ3v) is 4.42. The number of carbonyl (C=O) groups excluding carboxylic acids is 1. The summed E-state index contributed by atoms with van der Waals surface area (Å²) < 4.78 is 1.21. The lowest BCUT2D eigenvalue weighted by atomic mass is 10.1. The van der Waals surface area contributed by atoms with Crippen molar-refractivity contribution in [3.05, 3.63) is 34.7 Å². The maximum atomic E-state index is 12.2. The molecule has 2 rings (SSSR count). The molecule has 0 amide bonds. The van der Waals surface area contributed by atoms with Gasteiger partial charge in [0.1, 0.15) is 0 Å². The fourth-order valence-corrected chi connectivity index (χ4v) is 3.29. The molecule has 0 saturated carbocycles. The molecule has 19 heavy (non-hydrogen) atoms. The number of hydrogen-bond acceptors (Lipinski definition) is 3. The van der Waals surface area contributed by atoms with Crippen molar-refractivity contribution in [3.63, 3.8) is 0 Å². The van der Waals surface area contributed by atoms with E-state index in [1.165, 1.54) is 10.1 Å². The van der Waals surface area contributed by atoms with Crippen LogP contribution >= 0.6 is 23.7 Å². The molecule has 2 nitrogen and oxygen atoms in total. The summed E-state index contributed by atoms with van der Waals surface area (Å²) in [6.45, 7) is 3.02. The van der Waals surface area contributed by atoms with Crippen molar-refractivity contribution in [3.8, 4) is 0 Å². The van der Waals surface area contributed by atoms with Crippen molar-refractivity contribution in [2.75, 3.05) is 20.6 Å². The van der Waals surface area contributed by atoms with Gasteiger partial charge < -0.3 is 4.90 Å². The fourth-order valence-electron chi connectivity index (χ4n) is 2.11. The van der Waals surface area contributed by atoms with Crippen LogP contribution in [-0.4, -0.2) is 31.3 Å². The minimum absolute atomic E-state index is 0. The summed E-state index contributed by atoms with van der Waals surface area (Å²) in [5.41, 5.74) is 1.14. The Kier molecular flexibility index (Phi) is 5.98. The Morgan fingerprint density at radius 3 is 2.58 bits per heavy atom. The Labute approximate surface area is 124 Å². The van der Waals surface area contributed by atoms with E-state index in [1.54, 1.807) is 11.3 Å². The quantitative estimate of drug-likeness (QED) is 0.773. The van der Waals surface area contributed by atoms with Crippen LogP contribution in [0.2, 0.25) is 0 Å². The summed E-state index contributed by atoms with van der Waals surface area (Å²) in [5.74, 6) is 0.288. The first kappa shape index (κ1) is 16.2. The van der Waals surface area contributed by atoms with Crippen LogP contribution in [0.15, 0.2) is 24.3 Å². The van der Waals surface area contributed by atoms with Gasteiger partial charge in [0.2, 0.25) is 0 Å². The number of thiophene rings is 1. The predicted octanol–water partition coefficient (Wildman–Crippen LogP) is 4.16. The highest BCUT2D eigenvalue weighted by Crippen LogP contribution is 2.31. The van der Waals surface area contributed by atoms with Crippen LogP contribution in [0, 0.1) is 6.92 Å². The van der Waals surface area contributed by atoms with E-state index in [9.17, 15) is 4.79 Å². The second-order valence-corrected chi connectivity index (χ2v) is 5.93. The Morgan fingerprint density at radius 1 is 1.26 bits per heavy atom. The zero-order chi connectivity index (χ0) is 13.1. The third-order valence-electron chi connectivity index (χ3n) is 3.11. The number of carbonyl (C=O) groups is 1. The van der Waals surface area contributed by atoms with E-state index in [0.29, 0.717) is 6.42 Å². The zero-order valence-corrected chi connectivity index (χ0v) is 13.2. The molecule has 0 saturated heterocycles. The summed E-state index contributed by atoms with van der Waals surface area (Å²) in [5, 5.41) is 1.22. The molecule has 0 bridgehead atoms. The SMILES string of the molecule is Cc1c(C(=O)CCCN(C)C)sc2ccccc12.Cl. The van der Waals surface area contributed by atoms with Gasteiger partial charge in [0.25, 0.3) is 0 Å². The largest absolute Gasteiger partial charge is 0.309 e. The fraction of sp³-hybridized carbons (Fsp3) is 0.400. The van der Waals surface area contributed by atoms with Gasteiger partial charge >= 0.3 is 0 Å². The molecule has 1 heterocycles. The molecule has 1 aromatic heterocycles. The molecule has 2 aromatic rings. The molecular weight excluding hydrogens is 278 g/mol. The summed E-state index contributed by atoms with van der Waals surface area (Å²) in [4.78, 5) is 15.3. The summed E-state index contributed by atoms with van der Waals surface area (Å²) >= 11 is 1.63. The van der Waals surface area contributed by atoms with Crippen molar-refractivity contribution >= 4 is 39.6 Å². The smallest absolute Gasteiger partial charge is 0.173 e. The normalized spacial score (nSPS) is 10.7. The van der Waals surface area contributed by atoms with Crippen LogP contribution in [-0.2, 0) is 0 Å². The highest BCUT2D eigenvalue weighted by molar-refractivity contribution is 7.21. The average molecular weight is 298 g/mol. The predicted molar refractivity (Wildman–Crippen MR) is 85.9 cm³/mol. The van der Waals surface area contributed by atoms with Gasteiger partial charge in [-0.15, -0.1) is 23.7 Å². The first-order valence-corrected chi connectivity index (χ1v) is 7.07. The van der Waals surface area contributed by atoms with Crippen LogP contribution < -0.4 is 0 Å². The van der Waals surface area contributed by atoms with Crippen LogP contribution in [0.25, 0.3) is 10.1 Å². The van der Waals surface area contributed by atoms with Gasteiger partial charge in [0.15, 0.2) is 5.78 Å². The Morgan fingerprint density at radius 2 is 1.95 bits per heavy atom. The van der Waals surface area contributed by atoms with Gasteiger partial charge in [-0.3, -0.25) is 4.79 Å². The van der Waals surface area contributed by atoms with E-state index in [0.717, 1.165) is 23.4 Å². The molecular formula is C15H20ClNOS. The molecule has 0 aliphatic rings. The van der Waals surface area contributed by atoms with Gasteiger partial charge in [-0.05, 0) is 51.0 Å². The lowest BCUT2D eigenvalue weighted by Gasteiger charge is -2.07. The van der Waals surface area contributed by atoms with Gasteiger partial charge in [-0.25, -0.2) is 0 Å². The first-order valence-electron chi connectivity index (χ1n) is 6.25. The molecule has 0 aliphatic heterocycles. The van der Waals surface area contributed by atoms with Crippen LogP contribution in [0.5, 0.6) is 0 Å². The Balaban J connectivity index is 0.00000180. The zero-order valence-electron chi connectivity index (χ0n) is 11.6. The van der Waals surface area contributed by atoms with E-state index in [4.69, 9.17) is 0 Å². The lowest BCUT2D eigenvalue weighted by Crippen LogP contribution is -2.14. The standard InChI is InChI=1S/C15H19NOS.ClH/c1-11-12-7-4-5-9-14(12)18-15(11)13(17)8-6-10-16(2)3;/h4-5,7,9H,6,8,10H2,1-3H3;1H. The molecule has 0 unspecified atom stereocenters. The molecule has 1 aromatic carbocycles. The average Bonchev–Trinajstić information content (AvgIpc) is 2.67. The molecule has 0 radical (unpaired) electrons. The molecule has 104 valence electrons. The number of fused-ring (bicyclic) bond motifs is 1. The minimum Gasteiger partial charge on any atom is -0.309 e. The number of benzene rings is 1. The summed E-state index contributed by atoms with van der Waals surface area (Å²) in [7, 11) is 4.07. The van der Waals surface area contributed by atoms with Gasteiger partial charge in [-0.2, -0.15) is 0 Å². The number of hydrogen-bond donors (Lipinski definition) is 0. The number of Topliss-reactive ketones (excluding diaryl/α,β-unsaturated/α-hetero) is 1. The highest BCUT2D eigenvalue weighted by Gasteiger charge is 2.14. The van der Waals surface area contributed by atoms with Crippen molar-refractivity contribution < 1.29 is 4.79 Å². The second kappa shape index (κ2) is 7.04. The molecule has 4 heteroatoms. The van der Waals surface area contributed by atoms with Crippen LogP contribution in [0.3, 0.4) is 0 Å². The maximum absolute atomic E-state index is 12.2. The summed E-state index contributed by atoms with van der Waals surface area (Å²) in [6.07, 6.45) is 1.57. The Hall–Kier alpha value is -0.900. The monoisotopic (exact) mass is 297 g/mol. The number of rotatable bonds is 5. The van der Waals surface area contributed by atoms with E-state index in [-0.39, 0.29) is 18.2 Å². The third kappa shape index (κ3) is 3.78. The number of nitrogens with zero attached hydrogens (tertiary/aromatic N) is 1. The van der Waals surface area contributed by atoms with E-state index >= 15 is 0 Å². The number of ketones is 1. The maximum Gasteiger partial charge on any atom is 0.173 e. The first-order chi connectivity index (χ1) is 8.59. The molecule has 0 N–H and O–H groups in total. The highest BCUT2D eigenvalue weighted by atomic mass is 35.5. The Bertz CT molecular complexity index is 562. The van der Waals surface area contributed by atoms with Gasteiger partial charge in [0, 0.05) is 11.1 Å². The molecule has 0 aliphatic carbocycles. The van der Waals surface area contributed by atoms with E-state index in [1.807, 2.05) is 26.2 Å². The van der Waals surface area contributed by atoms with Crippen LogP contribution in [0.1, 0.15) is 28.1 Å². The molecule has 0 spiro atoms. The van der Waals surface area contributed by atoms with Crippen LogP contribution in [0.4, 0.5) is 0 Å². The summed E-state index contributed by atoms with van der Waals surface area (Å²) in [6, 6.07) is 8.24. The second-order valence-electron chi connectivity index (χ2n) is 4.88. The van der Waals surface area contributed by atoms with Crippen molar-refractivity contribution in [2.45, 2.75) is 19.8 Å². The number of aryl methyl sites for hydroxylation is 1. The number of halogens is 1. The van der Waals surface area contributed by atoms with Gasteiger partial charge in [0.05, 0.1) is 4.88 Å². The van der Waals surface area contributed by atoms with Crippen molar-refractivity contribution in [1.29, 1.82) is 0 Å². The van der Waals surface area contributed by atoms with Gasteiger partial charge in [-0.1, -0.05) is 18.2 Å². The van der Waals surface area contributed by atoms with Crippen molar-refractivity contribution in [2.24, 2.45) is 0 Å². The topological polar surface area (TPSA) is 20.3 Å². The van der Waals surface area contributed by atoms with E-state index in [2.05, 4.69) is 24.0 Å². The molecule has 0 fully saturated rings. The van der Waals surface area contributed by atoms with Crippen molar-refractivity contribution in [1.82, 2.24) is 4.90 Å². The minimum atomic E-state index is 0. The van der Waals surface area contributed by atoms with E-state index < -0.39 is 0 Å². The molecule has 0 atom stereocenters. The lowest BCUT2D eigenvalue weighted by molar-refractivity contribution is 0.0981.